The minimum atomic E-state index is -0.333. The molecule has 0 saturated carbocycles. The predicted molar refractivity (Wildman–Crippen MR) is 89.0 cm³/mol. The fraction of sp³-hybridized carbons (Fsp3) is 0.412. The number of benzene rings is 1. The first-order chi connectivity index (χ1) is 10.6. The van der Waals surface area contributed by atoms with Crippen LogP contribution in [0.1, 0.15) is 13.8 Å². The van der Waals surface area contributed by atoms with E-state index in [0.29, 0.717) is 17.4 Å². The highest BCUT2D eigenvalue weighted by molar-refractivity contribution is 5.77. The van der Waals surface area contributed by atoms with Gasteiger partial charge in [0.1, 0.15) is 0 Å². The minimum Gasteiger partial charge on any atom is -0.293 e. The van der Waals surface area contributed by atoms with E-state index in [1.54, 1.807) is 22.8 Å². The van der Waals surface area contributed by atoms with Gasteiger partial charge in [0.2, 0.25) is 0 Å². The molecule has 0 radical (unpaired) electrons. The standard InChI is InChI=1S/C17H21N3O2/c1-4-19(5-2)12-8-9-13-20-15-11-7-6-10-14(15)16(21)18(3)17(20)22/h6-7,10-11H,4-5,12-13H2,1-3H3. The quantitative estimate of drug-likeness (QED) is 0.793. The Balaban J connectivity index is 2.38. The molecule has 0 bridgehead atoms. The van der Waals surface area contributed by atoms with Crippen molar-refractivity contribution in [3.63, 3.8) is 0 Å². The van der Waals surface area contributed by atoms with E-state index in [1.807, 2.05) is 6.07 Å². The van der Waals surface area contributed by atoms with Gasteiger partial charge in [-0.15, -0.1) is 0 Å². The second kappa shape index (κ2) is 7.10. The third-order valence-corrected chi connectivity index (χ3v) is 3.81. The average molecular weight is 299 g/mol. The summed E-state index contributed by atoms with van der Waals surface area (Å²) in [5.74, 6) is 6.13. The summed E-state index contributed by atoms with van der Waals surface area (Å²) < 4.78 is 2.68. The van der Waals surface area contributed by atoms with Crippen molar-refractivity contribution in [2.24, 2.45) is 7.05 Å². The third-order valence-electron chi connectivity index (χ3n) is 3.81. The van der Waals surface area contributed by atoms with Gasteiger partial charge in [-0.3, -0.25) is 18.8 Å². The highest BCUT2D eigenvalue weighted by Gasteiger charge is 2.08. The molecule has 0 fully saturated rings. The minimum absolute atomic E-state index is 0.270. The molecule has 1 aromatic heterocycles. The third kappa shape index (κ3) is 3.12. The molecule has 2 rings (SSSR count). The van der Waals surface area contributed by atoms with E-state index in [9.17, 15) is 9.59 Å². The SMILES string of the molecule is CCN(CC)CC#CCn1c(=O)n(C)c(=O)c2ccccc21. The Morgan fingerprint density at radius 1 is 1.09 bits per heavy atom. The van der Waals surface area contributed by atoms with Crippen LogP contribution in [0.25, 0.3) is 10.9 Å². The summed E-state index contributed by atoms with van der Waals surface area (Å²) in [5.41, 5.74) is 0.0292. The molecule has 1 heterocycles. The topological polar surface area (TPSA) is 47.2 Å². The number of hydrogen-bond donors (Lipinski definition) is 0. The highest BCUT2D eigenvalue weighted by Crippen LogP contribution is 2.06. The summed E-state index contributed by atoms with van der Waals surface area (Å²) in [5, 5.41) is 0.537. The molecular weight excluding hydrogens is 278 g/mol. The van der Waals surface area contributed by atoms with Crippen molar-refractivity contribution in [3.05, 3.63) is 45.1 Å². The number of aromatic nitrogens is 2. The van der Waals surface area contributed by atoms with Crippen molar-refractivity contribution >= 4 is 10.9 Å². The monoisotopic (exact) mass is 299 g/mol. The van der Waals surface area contributed by atoms with Crippen LogP contribution in [0.5, 0.6) is 0 Å². The maximum atomic E-state index is 12.3. The Morgan fingerprint density at radius 3 is 2.45 bits per heavy atom. The average Bonchev–Trinajstić information content (AvgIpc) is 2.55. The van der Waals surface area contributed by atoms with Crippen LogP contribution in [0.2, 0.25) is 0 Å². The second-order valence-electron chi connectivity index (χ2n) is 5.06. The van der Waals surface area contributed by atoms with Crippen LogP contribution in [0.4, 0.5) is 0 Å². The van der Waals surface area contributed by atoms with Crippen molar-refractivity contribution in [3.8, 4) is 11.8 Å². The number of hydrogen-bond acceptors (Lipinski definition) is 3. The molecule has 0 unspecified atom stereocenters. The summed E-state index contributed by atoms with van der Waals surface area (Å²) in [6.45, 7) is 7.06. The van der Waals surface area contributed by atoms with Gasteiger partial charge in [-0.1, -0.05) is 37.8 Å². The number of rotatable bonds is 4. The summed E-state index contributed by atoms with van der Waals surface area (Å²) in [4.78, 5) is 26.6. The molecule has 0 spiro atoms. The number of para-hydroxylation sites is 1. The van der Waals surface area contributed by atoms with Gasteiger partial charge in [0, 0.05) is 7.05 Å². The van der Waals surface area contributed by atoms with E-state index in [2.05, 4.69) is 30.6 Å². The molecule has 116 valence electrons. The maximum Gasteiger partial charge on any atom is 0.332 e. The number of nitrogens with zero attached hydrogens (tertiary/aromatic N) is 3. The molecule has 0 atom stereocenters. The summed E-state index contributed by atoms with van der Waals surface area (Å²) in [7, 11) is 1.50. The molecule has 5 heteroatoms. The van der Waals surface area contributed by atoms with Gasteiger partial charge in [0.25, 0.3) is 5.56 Å². The van der Waals surface area contributed by atoms with Crippen LogP contribution in [0.15, 0.2) is 33.9 Å². The van der Waals surface area contributed by atoms with Crippen molar-refractivity contribution < 1.29 is 0 Å². The van der Waals surface area contributed by atoms with E-state index in [1.165, 1.54) is 7.05 Å². The van der Waals surface area contributed by atoms with Gasteiger partial charge >= 0.3 is 5.69 Å². The molecule has 1 aromatic carbocycles. The van der Waals surface area contributed by atoms with Crippen LogP contribution in [-0.4, -0.2) is 33.7 Å². The predicted octanol–water partition coefficient (Wildman–Crippen LogP) is 1.05. The fourth-order valence-corrected chi connectivity index (χ4v) is 2.34. The highest BCUT2D eigenvalue weighted by atomic mass is 16.2. The van der Waals surface area contributed by atoms with Gasteiger partial charge in [0.15, 0.2) is 0 Å². The summed E-state index contributed by atoms with van der Waals surface area (Å²) >= 11 is 0. The van der Waals surface area contributed by atoms with Crippen molar-refractivity contribution in [1.29, 1.82) is 0 Å². The Morgan fingerprint density at radius 2 is 1.77 bits per heavy atom. The first-order valence-corrected chi connectivity index (χ1v) is 7.46. The van der Waals surface area contributed by atoms with Crippen LogP contribution in [0, 0.1) is 11.8 Å². The zero-order chi connectivity index (χ0) is 16.1. The van der Waals surface area contributed by atoms with Gasteiger partial charge in [-0.2, -0.15) is 0 Å². The first-order valence-electron chi connectivity index (χ1n) is 7.46. The Hall–Kier alpha value is -2.32. The second-order valence-corrected chi connectivity index (χ2v) is 5.06. The summed E-state index contributed by atoms with van der Waals surface area (Å²) in [6, 6.07) is 7.13. The van der Waals surface area contributed by atoms with Gasteiger partial charge in [-0.25, -0.2) is 4.79 Å². The van der Waals surface area contributed by atoms with Crippen LogP contribution >= 0.6 is 0 Å². The largest absolute Gasteiger partial charge is 0.332 e. The lowest BCUT2D eigenvalue weighted by Crippen LogP contribution is -2.38. The van der Waals surface area contributed by atoms with E-state index in [4.69, 9.17) is 0 Å². The molecule has 0 aliphatic heterocycles. The normalized spacial score (nSPS) is 10.7. The lowest BCUT2D eigenvalue weighted by atomic mass is 10.2. The van der Waals surface area contributed by atoms with Gasteiger partial charge < -0.3 is 0 Å². The van der Waals surface area contributed by atoms with Gasteiger partial charge in [-0.05, 0) is 25.2 Å². The molecule has 5 nitrogen and oxygen atoms in total. The van der Waals surface area contributed by atoms with Crippen molar-refractivity contribution in [2.45, 2.75) is 20.4 Å². The molecular formula is C17H21N3O2. The van der Waals surface area contributed by atoms with Crippen LogP contribution < -0.4 is 11.2 Å². The Kier molecular flexibility index (Phi) is 5.18. The molecule has 2 aromatic rings. The molecule has 0 aliphatic carbocycles. The fourth-order valence-electron chi connectivity index (χ4n) is 2.34. The van der Waals surface area contributed by atoms with Crippen molar-refractivity contribution in [2.75, 3.05) is 19.6 Å². The Bertz CT molecular complexity index is 833. The zero-order valence-corrected chi connectivity index (χ0v) is 13.3. The molecule has 0 N–H and O–H groups in total. The summed E-state index contributed by atoms with van der Waals surface area (Å²) in [6.07, 6.45) is 0. The molecule has 0 amide bonds. The zero-order valence-electron chi connectivity index (χ0n) is 13.3. The lowest BCUT2D eigenvalue weighted by molar-refractivity contribution is 0.342. The van der Waals surface area contributed by atoms with E-state index in [0.717, 1.165) is 17.7 Å². The first kappa shape index (κ1) is 16.1. The smallest absolute Gasteiger partial charge is 0.293 e. The van der Waals surface area contributed by atoms with Crippen molar-refractivity contribution in [1.82, 2.24) is 14.0 Å². The Labute approximate surface area is 129 Å². The van der Waals surface area contributed by atoms with Crippen LogP contribution in [-0.2, 0) is 13.6 Å². The lowest BCUT2D eigenvalue weighted by Gasteiger charge is -2.13. The maximum absolute atomic E-state index is 12.3. The van der Waals surface area contributed by atoms with E-state index >= 15 is 0 Å². The molecule has 0 saturated heterocycles. The van der Waals surface area contributed by atoms with E-state index in [-0.39, 0.29) is 17.8 Å². The number of fused-ring (bicyclic) bond motifs is 1. The van der Waals surface area contributed by atoms with E-state index < -0.39 is 0 Å². The van der Waals surface area contributed by atoms with Gasteiger partial charge in [0.05, 0.1) is 24.0 Å². The van der Waals surface area contributed by atoms with Crippen LogP contribution in [0.3, 0.4) is 0 Å². The molecule has 0 aliphatic rings. The molecule has 22 heavy (non-hydrogen) atoms.